The Morgan fingerprint density at radius 1 is 1.35 bits per heavy atom. The van der Waals surface area contributed by atoms with Gasteiger partial charge in [-0.15, -0.1) is 0 Å². The molecule has 124 valence electrons. The van der Waals surface area contributed by atoms with E-state index in [2.05, 4.69) is 33.1 Å². The first-order chi connectivity index (χ1) is 11.2. The fourth-order valence-corrected chi connectivity index (χ4v) is 3.12. The van der Waals surface area contributed by atoms with Gasteiger partial charge in [0, 0.05) is 36.8 Å². The monoisotopic (exact) mass is 334 g/mol. The predicted octanol–water partition coefficient (Wildman–Crippen LogP) is 2.67. The molecule has 0 fully saturated rings. The zero-order valence-corrected chi connectivity index (χ0v) is 14.4. The Kier molecular flexibility index (Phi) is 5.20. The molecule has 0 saturated heterocycles. The average Bonchev–Trinajstić information content (AvgIpc) is 2.92. The first-order valence-electron chi connectivity index (χ1n) is 8.02. The van der Waals surface area contributed by atoms with Crippen molar-refractivity contribution in [3.05, 3.63) is 46.2 Å². The van der Waals surface area contributed by atoms with Gasteiger partial charge in [0.2, 0.25) is 0 Å². The molecule has 0 saturated carbocycles. The summed E-state index contributed by atoms with van der Waals surface area (Å²) in [7, 11) is 2.09. The summed E-state index contributed by atoms with van der Waals surface area (Å²) < 4.78 is 7.80. The summed E-state index contributed by atoms with van der Waals surface area (Å²) in [4.78, 5) is 2.23. The molecule has 1 N–H and O–H groups in total. The van der Waals surface area contributed by atoms with Crippen molar-refractivity contribution in [1.29, 1.82) is 0 Å². The minimum Gasteiger partial charge on any atom is -0.494 e. The van der Waals surface area contributed by atoms with Crippen LogP contribution in [0, 0.1) is 0 Å². The predicted molar refractivity (Wildman–Crippen MR) is 91.7 cm³/mol. The van der Waals surface area contributed by atoms with E-state index in [-0.39, 0.29) is 0 Å². The maximum Gasteiger partial charge on any atom is 0.123 e. The van der Waals surface area contributed by atoms with Crippen LogP contribution in [0.3, 0.4) is 0 Å². The first-order valence-corrected chi connectivity index (χ1v) is 8.39. The fraction of sp³-hybridized carbons (Fsp3) is 0.471. The normalized spacial score (nSPS) is 14.1. The number of halogens is 1. The second-order valence-corrected chi connectivity index (χ2v) is 6.32. The summed E-state index contributed by atoms with van der Waals surface area (Å²) in [5.74, 6) is 0.900. The second-order valence-electron chi connectivity index (χ2n) is 5.88. The minimum absolute atomic E-state index is 0.652. The zero-order chi connectivity index (χ0) is 16.2. The third-order valence-corrected chi connectivity index (χ3v) is 4.15. The van der Waals surface area contributed by atoms with Crippen molar-refractivity contribution in [2.75, 3.05) is 20.2 Å². The third-order valence-electron chi connectivity index (χ3n) is 3.91. The van der Waals surface area contributed by atoms with Gasteiger partial charge in [-0.2, -0.15) is 5.10 Å². The maximum absolute atomic E-state index is 6.13. The Morgan fingerprint density at radius 3 is 3.00 bits per heavy atom. The quantitative estimate of drug-likeness (QED) is 0.882. The van der Waals surface area contributed by atoms with Crippen molar-refractivity contribution in [2.24, 2.45) is 0 Å². The van der Waals surface area contributed by atoms with Crippen LogP contribution >= 0.6 is 11.6 Å². The van der Waals surface area contributed by atoms with Crippen LogP contribution in [-0.4, -0.2) is 34.9 Å². The van der Waals surface area contributed by atoms with Gasteiger partial charge in [0.1, 0.15) is 5.75 Å². The molecule has 0 radical (unpaired) electrons. The summed E-state index contributed by atoms with van der Waals surface area (Å²) in [5.41, 5.74) is 3.47. The number of aromatic nitrogens is 2. The van der Waals surface area contributed by atoms with E-state index in [4.69, 9.17) is 16.3 Å². The van der Waals surface area contributed by atoms with Crippen molar-refractivity contribution in [3.8, 4) is 5.75 Å². The molecule has 1 aliphatic heterocycles. The van der Waals surface area contributed by atoms with E-state index in [0.717, 1.165) is 54.8 Å². The van der Waals surface area contributed by atoms with Crippen LogP contribution in [0.5, 0.6) is 5.75 Å². The highest BCUT2D eigenvalue weighted by Crippen LogP contribution is 2.24. The van der Waals surface area contributed by atoms with Gasteiger partial charge in [-0.3, -0.25) is 9.58 Å². The minimum atomic E-state index is 0.652. The number of nitrogens with one attached hydrogen (secondary N) is 1. The molecule has 0 amide bonds. The number of hydrogen-bond donors (Lipinski definition) is 1. The average molecular weight is 335 g/mol. The zero-order valence-electron chi connectivity index (χ0n) is 13.7. The molecule has 0 bridgehead atoms. The molecule has 3 rings (SSSR count). The Hall–Kier alpha value is -1.56. The van der Waals surface area contributed by atoms with Gasteiger partial charge in [0.05, 0.1) is 24.5 Å². The lowest BCUT2D eigenvalue weighted by atomic mass is 10.2. The molecule has 2 heterocycles. The van der Waals surface area contributed by atoms with Crippen LogP contribution < -0.4 is 10.1 Å². The largest absolute Gasteiger partial charge is 0.494 e. The van der Waals surface area contributed by atoms with E-state index in [1.807, 2.05) is 25.1 Å². The van der Waals surface area contributed by atoms with Crippen LogP contribution in [0.2, 0.25) is 5.02 Å². The van der Waals surface area contributed by atoms with E-state index in [1.165, 1.54) is 5.69 Å². The lowest BCUT2D eigenvalue weighted by Crippen LogP contribution is -2.28. The number of hydrogen-bond acceptors (Lipinski definition) is 4. The van der Waals surface area contributed by atoms with Gasteiger partial charge in [0.15, 0.2) is 0 Å². The van der Waals surface area contributed by atoms with Crippen molar-refractivity contribution in [3.63, 3.8) is 0 Å². The van der Waals surface area contributed by atoms with Gasteiger partial charge in [0.25, 0.3) is 0 Å². The molecular weight excluding hydrogens is 312 g/mol. The number of fused-ring (bicyclic) bond motifs is 1. The second kappa shape index (κ2) is 7.34. The van der Waals surface area contributed by atoms with Gasteiger partial charge < -0.3 is 10.1 Å². The summed E-state index contributed by atoms with van der Waals surface area (Å²) in [6.45, 7) is 7.06. The van der Waals surface area contributed by atoms with Crippen molar-refractivity contribution < 1.29 is 4.74 Å². The highest BCUT2D eigenvalue weighted by molar-refractivity contribution is 6.30. The molecule has 0 atom stereocenters. The van der Waals surface area contributed by atoms with Crippen molar-refractivity contribution in [2.45, 2.75) is 33.1 Å². The van der Waals surface area contributed by atoms with Gasteiger partial charge in [-0.05, 0) is 38.2 Å². The van der Waals surface area contributed by atoms with E-state index in [9.17, 15) is 0 Å². The summed E-state index contributed by atoms with van der Waals surface area (Å²) in [5, 5.41) is 8.79. The molecule has 0 aliphatic carbocycles. The summed E-state index contributed by atoms with van der Waals surface area (Å²) >= 11 is 6.13. The first kappa shape index (κ1) is 16.3. The van der Waals surface area contributed by atoms with Gasteiger partial charge >= 0.3 is 0 Å². The molecule has 2 aromatic rings. The van der Waals surface area contributed by atoms with Gasteiger partial charge in [-0.1, -0.05) is 11.6 Å². The molecule has 0 unspecified atom stereocenters. The van der Waals surface area contributed by atoms with Crippen LogP contribution in [0.25, 0.3) is 0 Å². The Balaban J connectivity index is 1.68. The van der Waals surface area contributed by atoms with Gasteiger partial charge in [-0.25, -0.2) is 0 Å². The molecular formula is C17H23ClN4O. The topological polar surface area (TPSA) is 42.3 Å². The van der Waals surface area contributed by atoms with Crippen LogP contribution in [0.15, 0.2) is 24.3 Å². The van der Waals surface area contributed by atoms with Crippen molar-refractivity contribution >= 4 is 11.6 Å². The third kappa shape index (κ3) is 4.05. The molecule has 1 aromatic heterocycles. The smallest absolute Gasteiger partial charge is 0.123 e. The Bertz CT molecular complexity index is 647. The van der Waals surface area contributed by atoms with Crippen LogP contribution in [0.1, 0.15) is 23.9 Å². The van der Waals surface area contributed by atoms with Crippen molar-refractivity contribution in [1.82, 2.24) is 20.0 Å². The van der Waals surface area contributed by atoms with E-state index in [1.54, 1.807) is 0 Å². The highest BCUT2D eigenvalue weighted by atomic mass is 35.5. The van der Waals surface area contributed by atoms with E-state index in [0.29, 0.717) is 6.61 Å². The number of ether oxygens (including phenoxy) is 1. The molecule has 6 heteroatoms. The van der Waals surface area contributed by atoms with E-state index >= 15 is 0 Å². The number of benzene rings is 1. The summed E-state index contributed by atoms with van der Waals surface area (Å²) in [6.07, 6.45) is 0. The van der Waals surface area contributed by atoms with Crippen LogP contribution in [-0.2, 0) is 26.2 Å². The molecule has 5 nitrogen and oxygen atoms in total. The Labute approximate surface area is 142 Å². The summed E-state index contributed by atoms with van der Waals surface area (Å²) in [6, 6.07) is 7.97. The fourth-order valence-electron chi connectivity index (χ4n) is 2.92. The molecule has 0 spiro atoms. The molecule has 1 aromatic carbocycles. The van der Waals surface area contributed by atoms with Crippen LogP contribution in [0.4, 0.5) is 0 Å². The number of rotatable bonds is 6. The lowest BCUT2D eigenvalue weighted by Gasteiger charge is -2.18. The SMILES string of the molecule is CCOc1ccc(Cl)cc1CN(C)Cc1cc2n(n1)CCNC2. The molecule has 23 heavy (non-hydrogen) atoms. The number of nitrogens with zero attached hydrogens (tertiary/aromatic N) is 3. The maximum atomic E-state index is 6.13. The standard InChI is InChI=1S/C17H23ClN4O/c1-3-23-17-5-4-14(18)8-13(17)11-21(2)12-15-9-16-10-19-6-7-22(16)20-15/h4-5,8-9,19H,3,6-7,10-12H2,1-2H3. The lowest BCUT2D eigenvalue weighted by molar-refractivity contribution is 0.294. The molecule has 1 aliphatic rings. The Morgan fingerprint density at radius 2 is 2.22 bits per heavy atom. The highest BCUT2D eigenvalue weighted by Gasteiger charge is 2.14. The van der Waals surface area contributed by atoms with E-state index < -0.39 is 0 Å².